The number of amides is 1. The van der Waals surface area contributed by atoms with Gasteiger partial charge in [0.1, 0.15) is 5.82 Å². The first-order valence-electron chi connectivity index (χ1n) is 6.46. The maximum Gasteiger partial charge on any atom is 0.258 e. The van der Waals surface area contributed by atoms with Crippen LogP contribution in [0.2, 0.25) is 0 Å². The summed E-state index contributed by atoms with van der Waals surface area (Å²) in [7, 11) is 2.07. The highest BCUT2D eigenvalue weighted by atomic mass is 127. The zero-order chi connectivity index (χ0) is 15.0. The van der Waals surface area contributed by atoms with Gasteiger partial charge in [-0.1, -0.05) is 0 Å². The van der Waals surface area contributed by atoms with Crippen LogP contribution in [0.25, 0.3) is 0 Å². The van der Waals surface area contributed by atoms with Crippen LogP contribution in [0.15, 0.2) is 18.2 Å². The number of rotatable bonds is 2. The lowest BCUT2D eigenvalue weighted by atomic mass is 10.2. The molecule has 0 fully saturated rings. The summed E-state index contributed by atoms with van der Waals surface area (Å²) in [6, 6.07) is 4.13. The van der Waals surface area contributed by atoms with E-state index in [0.29, 0.717) is 14.3 Å². The molecule has 2 aromatic rings. The van der Waals surface area contributed by atoms with Gasteiger partial charge in [0.15, 0.2) is 5.13 Å². The van der Waals surface area contributed by atoms with Crippen molar-refractivity contribution in [3.8, 4) is 0 Å². The van der Waals surface area contributed by atoms with E-state index in [1.54, 1.807) is 0 Å². The second kappa shape index (κ2) is 5.98. The topological polar surface area (TPSA) is 45.2 Å². The molecule has 4 nitrogen and oxygen atoms in total. The molecule has 21 heavy (non-hydrogen) atoms. The van der Waals surface area contributed by atoms with Gasteiger partial charge in [0.2, 0.25) is 0 Å². The van der Waals surface area contributed by atoms with Crippen LogP contribution in [0.3, 0.4) is 0 Å². The average molecular weight is 417 g/mol. The minimum absolute atomic E-state index is 0.251. The van der Waals surface area contributed by atoms with E-state index in [-0.39, 0.29) is 11.7 Å². The molecule has 1 N–H and O–H groups in total. The number of carbonyl (C=O) groups is 1. The molecule has 0 spiro atoms. The molecule has 0 saturated heterocycles. The van der Waals surface area contributed by atoms with Crippen LogP contribution in [0.4, 0.5) is 9.52 Å². The normalized spacial score (nSPS) is 14.8. The molecular formula is C14H13FIN3OS. The molecule has 3 rings (SSSR count). The monoisotopic (exact) mass is 417 g/mol. The Labute approximate surface area is 139 Å². The highest BCUT2D eigenvalue weighted by Crippen LogP contribution is 2.28. The summed E-state index contributed by atoms with van der Waals surface area (Å²) in [6.45, 7) is 1.86. The predicted molar refractivity (Wildman–Crippen MR) is 89.2 cm³/mol. The van der Waals surface area contributed by atoms with Gasteiger partial charge in [-0.05, 0) is 47.8 Å². The van der Waals surface area contributed by atoms with E-state index in [1.807, 2.05) is 22.6 Å². The van der Waals surface area contributed by atoms with Crippen LogP contribution in [0.1, 0.15) is 20.9 Å². The Hall–Kier alpha value is -1.06. The van der Waals surface area contributed by atoms with E-state index in [1.165, 1.54) is 34.4 Å². The highest BCUT2D eigenvalue weighted by molar-refractivity contribution is 14.1. The van der Waals surface area contributed by atoms with Gasteiger partial charge in [-0.15, -0.1) is 11.3 Å². The molecule has 0 aliphatic carbocycles. The predicted octanol–water partition coefficient (Wildman–Crippen LogP) is 3.13. The number of halogens is 2. The molecular weight excluding hydrogens is 404 g/mol. The molecule has 0 atom stereocenters. The lowest BCUT2D eigenvalue weighted by Gasteiger charge is -2.20. The second-order valence-corrected chi connectivity index (χ2v) is 7.20. The zero-order valence-corrected chi connectivity index (χ0v) is 14.3. The Bertz CT molecular complexity index is 704. The van der Waals surface area contributed by atoms with Gasteiger partial charge in [-0.3, -0.25) is 10.1 Å². The molecule has 1 amide bonds. The summed E-state index contributed by atoms with van der Waals surface area (Å²) < 4.78 is 13.7. The quantitative estimate of drug-likeness (QED) is 0.764. The number of anilines is 1. The van der Waals surface area contributed by atoms with E-state index in [0.717, 1.165) is 25.2 Å². The van der Waals surface area contributed by atoms with Crippen molar-refractivity contribution in [3.05, 3.63) is 43.7 Å². The molecule has 0 bridgehead atoms. The third-order valence-electron chi connectivity index (χ3n) is 3.32. The Morgan fingerprint density at radius 2 is 2.33 bits per heavy atom. The minimum Gasteiger partial charge on any atom is -0.301 e. The maximum absolute atomic E-state index is 13.1. The molecule has 1 aromatic heterocycles. The van der Waals surface area contributed by atoms with Crippen molar-refractivity contribution in [2.75, 3.05) is 18.9 Å². The van der Waals surface area contributed by atoms with Crippen LogP contribution in [0, 0.1) is 9.39 Å². The fourth-order valence-electron chi connectivity index (χ4n) is 2.21. The number of likely N-dealkylation sites (N-methyl/N-ethyl adjacent to an activating group) is 1. The van der Waals surface area contributed by atoms with Gasteiger partial charge in [0.05, 0.1) is 11.3 Å². The number of benzene rings is 1. The van der Waals surface area contributed by atoms with E-state index >= 15 is 0 Å². The van der Waals surface area contributed by atoms with Crippen LogP contribution in [-0.2, 0) is 13.0 Å². The Morgan fingerprint density at radius 1 is 1.52 bits per heavy atom. The number of nitrogens with one attached hydrogen (secondary N) is 1. The van der Waals surface area contributed by atoms with Crippen LogP contribution in [0.5, 0.6) is 0 Å². The summed E-state index contributed by atoms with van der Waals surface area (Å²) in [6.07, 6.45) is 0.909. The first-order valence-corrected chi connectivity index (χ1v) is 8.36. The maximum atomic E-state index is 13.1. The minimum atomic E-state index is -0.344. The molecule has 1 aliphatic rings. The number of fused-ring (bicyclic) bond motifs is 1. The molecule has 110 valence electrons. The number of aromatic nitrogens is 1. The molecule has 2 heterocycles. The number of carbonyl (C=O) groups excluding carboxylic acids is 1. The van der Waals surface area contributed by atoms with Crippen molar-refractivity contribution in [3.63, 3.8) is 0 Å². The molecule has 1 aromatic carbocycles. The van der Waals surface area contributed by atoms with Crippen molar-refractivity contribution < 1.29 is 9.18 Å². The smallest absolute Gasteiger partial charge is 0.258 e. The van der Waals surface area contributed by atoms with E-state index < -0.39 is 0 Å². The fourth-order valence-corrected chi connectivity index (χ4v) is 4.02. The Kier molecular flexibility index (Phi) is 4.23. The summed E-state index contributed by atoms with van der Waals surface area (Å²) >= 11 is 3.47. The average Bonchev–Trinajstić information content (AvgIpc) is 2.79. The van der Waals surface area contributed by atoms with Crippen molar-refractivity contribution in [2.45, 2.75) is 13.0 Å². The number of hydrogen-bond donors (Lipinski definition) is 1. The summed E-state index contributed by atoms with van der Waals surface area (Å²) in [5, 5.41) is 3.42. The Morgan fingerprint density at radius 3 is 3.10 bits per heavy atom. The largest absolute Gasteiger partial charge is 0.301 e. The van der Waals surface area contributed by atoms with Gasteiger partial charge in [0.25, 0.3) is 5.91 Å². The van der Waals surface area contributed by atoms with E-state index in [4.69, 9.17) is 0 Å². The SMILES string of the molecule is CN1CCc2nc(NC(=O)c3ccc(F)cc3I)sc2C1. The molecule has 0 unspecified atom stereocenters. The first kappa shape index (κ1) is 14.9. The second-order valence-electron chi connectivity index (χ2n) is 4.95. The lowest BCUT2D eigenvalue weighted by Crippen LogP contribution is -2.25. The third kappa shape index (κ3) is 3.24. The Balaban J connectivity index is 1.79. The van der Waals surface area contributed by atoms with Gasteiger partial charge in [-0.2, -0.15) is 0 Å². The molecule has 1 aliphatic heterocycles. The van der Waals surface area contributed by atoms with Gasteiger partial charge in [0, 0.05) is 28.0 Å². The number of hydrogen-bond acceptors (Lipinski definition) is 4. The van der Waals surface area contributed by atoms with Gasteiger partial charge >= 0.3 is 0 Å². The van der Waals surface area contributed by atoms with E-state index in [2.05, 4.69) is 22.2 Å². The van der Waals surface area contributed by atoms with Crippen molar-refractivity contribution in [1.82, 2.24) is 9.88 Å². The van der Waals surface area contributed by atoms with Gasteiger partial charge < -0.3 is 4.90 Å². The van der Waals surface area contributed by atoms with Gasteiger partial charge in [-0.25, -0.2) is 9.37 Å². The number of nitrogens with zero attached hydrogens (tertiary/aromatic N) is 2. The third-order valence-corrected chi connectivity index (χ3v) is 5.21. The standard InChI is InChI=1S/C14H13FIN3OS/c1-19-5-4-11-12(7-19)21-14(17-11)18-13(20)9-3-2-8(15)6-10(9)16/h2-3,6H,4-5,7H2,1H3,(H,17,18,20). The van der Waals surface area contributed by atoms with Crippen molar-refractivity contribution >= 4 is 45.0 Å². The fraction of sp³-hybridized carbons (Fsp3) is 0.286. The zero-order valence-electron chi connectivity index (χ0n) is 11.3. The van der Waals surface area contributed by atoms with Crippen LogP contribution in [-0.4, -0.2) is 29.4 Å². The summed E-state index contributed by atoms with van der Waals surface area (Å²) in [4.78, 5) is 20.2. The number of thiazole rings is 1. The van der Waals surface area contributed by atoms with Crippen LogP contribution >= 0.6 is 33.9 Å². The summed E-state index contributed by atoms with van der Waals surface area (Å²) in [5.41, 5.74) is 1.53. The molecule has 7 heteroatoms. The van der Waals surface area contributed by atoms with Crippen molar-refractivity contribution in [1.29, 1.82) is 0 Å². The first-order chi connectivity index (χ1) is 10.0. The van der Waals surface area contributed by atoms with Crippen LogP contribution < -0.4 is 5.32 Å². The molecule has 0 radical (unpaired) electrons. The highest BCUT2D eigenvalue weighted by Gasteiger charge is 2.20. The molecule has 0 saturated carbocycles. The van der Waals surface area contributed by atoms with Crippen molar-refractivity contribution in [2.24, 2.45) is 0 Å². The van der Waals surface area contributed by atoms with E-state index in [9.17, 15) is 9.18 Å². The summed E-state index contributed by atoms with van der Waals surface area (Å²) in [5.74, 6) is -0.595. The lowest BCUT2D eigenvalue weighted by molar-refractivity contribution is 0.102.